The van der Waals surface area contributed by atoms with Crippen LogP contribution in [0.2, 0.25) is 0 Å². The summed E-state index contributed by atoms with van der Waals surface area (Å²) in [6, 6.07) is 5.97. The number of carbonyl (C=O) groups excluding carboxylic acids is 2. The standard InChI is InChI=1S/C46H61N5O5/c1-9-12-13-14-15-16-17-18-19-20-23-47-45(53)42-43-33(21-22-40(52)56-8)29(6)36(50-43)24-34-27(4)31(10-2)38(48-34)25-35-28(5)32(11-3)39(49-35)26-37-30(7)41(46(54)55)44(42)51-37/h10,24-26,29,33,48-49H,2,9,11-23H2,1,3-8H3,(H,47,53)(H,54,55)/t29-,33-/m0/s1. The number of methoxy groups -OCH3 is 1. The minimum atomic E-state index is -1.17. The van der Waals surface area contributed by atoms with E-state index in [1.165, 1.54) is 52.1 Å². The highest BCUT2D eigenvalue weighted by Crippen LogP contribution is 2.43. The highest BCUT2D eigenvalue weighted by atomic mass is 16.5. The van der Waals surface area contributed by atoms with E-state index >= 15 is 0 Å². The molecule has 8 bridgehead atoms. The van der Waals surface area contributed by atoms with Gasteiger partial charge in [0.25, 0.3) is 5.91 Å². The molecule has 3 aromatic rings. The number of allylic oxidation sites excluding steroid dienone is 1. The fourth-order valence-corrected chi connectivity index (χ4v) is 8.34. The van der Waals surface area contributed by atoms with Gasteiger partial charge in [-0.15, -0.1) is 0 Å². The molecule has 5 heterocycles. The van der Waals surface area contributed by atoms with Crippen LogP contribution in [-0.4, -0.2) is 56.5 Å². The first-order chi connectivity index (χ1) is 26.9. The van der Waals surface area contributed by atoms with Crippen molar-refractivity contribution >= 4 is 57.1 Å². The fourth-order valence-electron chi connectivity index (χ4n) is 8.34. The van der Waals surface area contributed by atoms with Gasteiger partial charge in [0, 0.05) is 58.1 Å². The van der Waals surface area contributed by atoms with E-state index in [2.05, 4.69) is 48.7 Å². The van der Waals surface area contributed by atoms with E-state index in [0.717, 1.165) is 70.0 Å². The molecule has 56 heavy (non-hydrogen) atoms. The number of aryl methyl sites for hydroxylation is 3. The van der Waals surface area contributed by atoms with Crippen LogP contribution in [-0.2, 0) is 20.7 Å². The Labute approximate surface area is 331 Å². The van der Waals surface area contributed by atoms with Crippen molar-refractivity contribution in [2.45, 2.75) is 137 Å². The molecule has 2 aliphatic rings. The number of nitrogens with one attached hydrogen (secondary N) is 3. The third-order valence-electron chi connectivity index (χ3n) is 11.8. The molecule has 0 fully saturated rings. The van der Waals surface area contributed by atoms with Gasteiger partial charge in [-0.3, -0.25) is 14.6 Å². The van der Waals surface area contributed by atoms with Crippen LogP contribution in [0.4, 0.5) is 0 Å². The lowest BCUT2D eigenvalue weighted by molar-refractivity contribution is -0.140. The Morgan fingerprint density at radius 3 is 2.14 bits per heavy atom. The van der Waals surface area contributed by atoms with Crippen molar-refractivity contribution in [3.05, 3.63) is 75.4 Å². The second kappa shape index (κ2) is 19.2. The Morgan fingerprint density at radius 2 is 1.52 bits per heavy atom. The van der Waals surface area contributed by atoms with Gasteiger partial charge in [-0.1, -0.05) is 91.2 Å². The number of esters is 1. The predicted octanol–water partition coefficient (Wildman–Crippen LogP) is 10.6. The summed E-state index contributed by atoms with van der Waals surface area (Å²) in [6.45, 7) is 16.8. The van der Waals surface area contributed by atoms with Crippen molar-refractivity contribution in [3.8, 4) is 0 Å². The Balaban J connectivity index is 1.71. The lowest BCUT2D eigenvalue weighted by Crippen LogP contribution is -2.27. The zero-order chi connectivity index (χ0) is 40.5. The Bertz CT molecular complexity index is 2160. The molecule has 0 aliphatic carbocycles. The molecule has 2 atom stereocenters. The van der Waals surface area contributed by atoms with E-state index < -0.39 is 11.9 Å². The van der Waals surface area contributed by atoms with Crippen molar-refractivity contribution in [3.63, 3.8) is 0 Å². The first kappa shape index (κ1) is 42.2. The molecular formula is C46H61N5O5. The quantitative estimate of drug-likeness (QED) is 0.0744. The average Bonchev–Trinajstić information content (AvgIpc) is 3.85. The number of hydrogen-bond acceptors (Lipinski definition) is 6. The molecule has 10 nitrogen and oxygen atoms in total. The number of H-pyrrole nitrogens is 2. The topological polar surface area (TPSA) is 150 Å². The maximum atomic E-state index is 14.6. The Morgan fingerprint density at radius 1 is 0.875 bits per heavy atom. The van der Waals surface area contributed by atoms with Crippen LogP contribution in [0.5, 0.6) is 0 Å². The highest BCUT2D eigenvalue weighted by Gasteiger charge is 2.37. The van der Waals surface area contributed by atoms with E-state index in [1.807, 2.05) is 32.1 Å². The molecule has 10 heteroatoms. The van der Waals surface area contributed by atoms with Crippen LogP contribution in [0.25, 0.3) is 39.3 Å². The normalized spacial score (nSPS) is 15.3. The smallest absolute Gasteiger partial charge is 0.338 e. The van der Waals surface area contributed by atoms with Crippen LogP contribution in [0.1, 0.15) is 172 Å². The third kappa shape index (κ3) is 9.17. The summed E-state index contributed by atoms with van der Waals surface area (Å²) < 4.78 is 5.02. The maximum absolute atomic E-state index is 14.6. The molecule has 4 N–H and O–H groups in total. The first-order valence-electron chi connectivity index (χ1n) is 20.6. The number of aromatic nitrogens is 4. The van der Waals surface area contributed by atoms with Crippen LogP contribution in [0.3, 0.4) is 0 Å². The van der Waals surface area contributed by atoms with Crippen LogP contribution < -0.4 is 5.32 Å². The van der Waals surface area contributed by atoms with Crippen LogP contribution in [0, 0.1) is 13.8 Å². The number of carbonyl (C=O) groups is 3. The molecule has 0 aromatic carbocycles. The Hall–Kier alpha value is -4.99. The van der Waals surface area contributed by atoms with Gasteiger partial charge in [-0.2, -0.15) is 0 Å². The Kier molecular flexibility index (Phi) is 14.5. The average molecular weight is 764 g/mol. The molecule has 0 spiro atoms. The second-order valence-corrected chi connectivity index (χ2v) is 15.4. The van der Waals surface area contributed by atoms with Crippen molar-refractivity contribution in [2.75, 3.05) is 13.7 Å². The number of carboxylic acid groups (broad SMARTS) is 1. The van der Waals surface area contributed by atoms with E-state index in [0.29, 0.717) is 35.6 Å². The molecule has 2 aliphatic heterocycles. The number of rotatable bonds is 18. The molecular weight excluding hydrogens is 703 g/mol. The van der Waals surface area contributed by atoms with Gasteiger partial charge < -0.3 is 25.1 Å². The predicted molar refractivity (Wildman–Crippen MR) is 227 cm³/mol. The summed E-state index contributed by atoms with van der Waals surface area (Å²) in [4.78, 5) is 57.6. The van der Waals surface area contributed by atoms with Gasteiger partial charge in [0.15, 0.2) is 0 Å². The molecule has 0 saturated carbocycles. The summed E-state index contributed by atoms with van der Waals surface area (Å²) in [5.74, 6) is -2.56. The number of aromatic amines is 2. The van der Waals surface area contributed by atoms with E-state index in [4.69, 9.17) is 14.7 Å². The van der Waals surface area contributed by atoms with Gasteiger partial charge in [0.2, 0.25) is 0 Å². The first-order valence-corrected chi connectivity index (χ1v) is 20.6. The zero-order valence-corrected chi connectivity index (χ0v) is 34.5. The van der Waals surface area contributed by atoms with Crippen molar-refractivity contribution in [1.29, 1.82) is 0 Å². The van der Waals surface area contributed by atoms with Gasteiger partial charge in [-0.05, 0) is 80.5 Å². The molecule has 3 aromatic heterocycles. The number of ether oxygens (including phenoxy) is 1. The number of hydrogen-bond donors (Lipinski definition) is 4. The lowest BCUT2D eigenvalue weighted by atomic mass is 9.85. The molecule has 5 rings (SSSR count). The summed E-state index contributed by atoms with van der Waals surface area (Å²) in [7, 11) is 1.36. The highest BCUT2D eigenvalue weighted by molar-refractivity contribution is 6.26. The molecule has 0 saturated heterocycles. The van der Waals surface area contributed by atoms with Crippen molar-refractivity contribution in [2.24, 2.45) is 0 Å². The minimum Gasteiger partial charge on any atom is -0.478 e. The van der Waals surface area contributed by atoms with Crippen molar-refractivity contribution < 1.29 is 24.2 Å². The van der Waals surface area contributed by atoms with E-state index in [-0.39, 0.29) is 41.1 Å². The molecule has 0 radical (unpaired) electrons. The molecule has 1 amide bonds. The molecule has 0 unspecified atom stereocenters. The van der Waals surface area contributed by atoms with Crippen LogP contribution in [0.15, 0.2) is 24.8 Å². The zero-order valence-electron chi connectivity index (χ0n) is 34.5. The van der Waals surface area contributed by atoms with E-state index in [1.54, 1.807) is 6.92 Å². The number of aliphatic carboxylic acids is 1. The molecule has 300 valence electrons. The van der Waals surface area contributed by atoms with Gasteiger partial charge in [0.1, 0.15) is 0 Å². The van der Waals surface area contributed by atoms with Crippen molar-refractivity contribution in [1.82, 2.24) is 25.3 Å². The monoisotopic (exact) mass is 763 g/mol. The largest absolute Gasteiger partial charge is 0.478 e. The number of unbranched alkanes of at least 4 members (excludes halogenated alkanes) is 9. The van der Waals surface area contributed by atoms with Crippen LogP contribution >= 0.6 is 0 Å². The summed E-state index contributed by atoms with van der Waals surface area (Å²) in [6.07, 6.45) is 14.8. The number of fused-ring (bicyclic) bond motifs is 8. The van der Waals surface area contributed by atoms with E-state index in [9.17, 15) is 19.5 Å². The number of nitrogens with zero attached hydrogens (tertiary/aromatic N) is 2. The second-order valence-electron chi connectivity index (χ2n) is 15.4. The fraction of sp³-hybridized carbons (Fsp3) is 0.500. The lowest BCUT2D eigenvalue weighted by Gasteiger charge is -2.18. The summed E-state index contributed by atoms with van der Waals surface area (Å²) in [5.41, 5.74) is 9.90. The summed E-state index contributed by atoms with van der Waals surface area (Å²) >= 11 is 0. The third-order valence-corrected chi connectivity index (χ3v) is 11.8. The van der Waals surface area contributed by atoms with Gasteiger partial charge >= 0.3 is 11.9 Å². The van der Waals surface area contributed by atoms with Gasteiger partial charge in [-0.25, -0.2) is 9.78 Å². The minimum absolute atomic E-state index is 0.0303. The maximum Gasteiger partial charge on any atom is 0.338 e. The number of amides is 1. The number of carboxylic acids is 1. The van der Waals surface area contributed by atoms with Gasteiger partial charge in [0.05, 0.1) is 35.3 Å². The summed E-state index contributed by atoms with van der Waals surface area (Å²) in [5, 5.41) is 13.9. The SMILES string of the molecule is C=Cc1c(C)c2cc3nc(c(C(=O)NCCCCCCCCCCCC)c4nc(cc5[nH]c(cc1[nH]2)c(C)c5CC)C(C)=C4C(=O)O)[C@@H](CCC(=O)OC)[C@@H]3C.